The zero-order chi connectivity index (χ0) is 13.8. The van der Waals surface area contributed by atoms with Crippen molar-refractivity contribution in [1.29, 1.82) is 0 Å². The standard InChI is InChI=1S/C12H15N3O4/c1-13-10-4-2-3-9(11(10)15(17)18)12(16)14-8-5-6-19-7-8/h2-4,8,13H,5-7H2,1H3,(H,14,16). The molecular formula is C12H15N3O4. The number of rotatable bonds is 4. The Morgan fingerprint density at radius 1 is 1.53 bits per heavy atom. The molecule has 7 nitrogen and oxygen atoms in total. The summed E-state index contributed by atoms with van der Waals surface area (Å²) in [6.07, 6.45) is 0.727. The Bertz CT molecular complexity index is 498. The van der Waals surface area contributed by atoms with Crippen molar-refractivity contribution in [2.75, 3.05) is 25.6 Å². The number of hydrogen-bond acceptors (Lipinski definition) is 5. The van der Waals surface area contributed by atoms with Crippen molar-refractivity contribution >= 4 is 17.3 Å². The number of nitrogens with one attached hydrogen (secondary N) is 2. The third-order valence-electron chi connectivity index (χ3n) is 3.00. The van der Waals surface area contributed by atoms with Crippen molar-refractivity contribution in [2.24, 2.45) is 0 Å². The van der Waals surface area contributed by atoms with Crippen LogP contribution < -0.4 is 10.6 Å². The third kappa shape index (κ3) is 2.82. The normalized spacial score (nSPS) is 18.1. The highest BCUT2D eigenvalue weighted by molar-refractivity contribution is 6.00. The predicted octanol–water partition coefficient (Wildman–Crippen LogP) is 1.16. The van der Waals surface area contributed by atoms with Gasteiger partial charge in [-0.25, -0.2) is 0 Å². The summed E-state index contributed by atoms with van der Waals surface area (Å²) in [5.74, 6) is -0.445. The van der Waals surface area contributed by atoms with Gasteiger partial charge in [-0.2, -0.15) is 0 Å². The molecule has 19 heavy (non-hydrogen) atoms. The van der Waals surface area contributed by atoms with Crippen LogP contribution in [0.4, 0.5) is 11.4 Å². The molecule has 1 aromatic carbocycles. The number of para-hydroxylation sites is 1. The Balaban J connectivity index is 2.27. The Hall–Kier alpha value is -2.15. The number of nitrogens with zero attached hydrogens (tertiary/aromatic N) is 1. The molecule has 1 amide bonds. The number of benzene rings is 1. The fourth-order valence-electron chi connectivity index (χ4n) is 2.04. The molecule has 1 aliphatic heterocycles. The molecule has 2 rings (SSSR count). The van der Waals surface area contributed by atoms with Gasteiger partial charge in [0.05, 0.1) is 17.6 Å². The van der Waals surface area contributed by atoms with Crippen LogP contribution in [0.25, 0.3) is 0 Å². The molecule has 0 saturated carbocycles. The summed E-state index contributed by atoms with van der Waals surface area (Å²) in [6.45, 7) is 1.05. The van der Waals surface area contributed by atoms with Crippen molar-refractivity contribution in [3.8, 4) is 0 Å². The molecule has 1 atom stereocenters. The lowest BCUT2D eigenvalue weighted by molar-refractivity contribution is -0.384. The lowest BCUT2D eigenvalue weighted by Crippen LogP contribution is -2.35. The van der Waals surface area contributed by atoms with Gasteiger partial charge in [-0.05, 0) is 18.6 Å². The largest absolute Gasteiger partial charge is 0.383 e. The van der Waals surface area contributed by atoms with Crippen molar-refractivity contribution < 1.29 is 14.5 Å². The van der Waals surface area contributed by atoms with E-state index in [1.165, 1.54) is 6.07 Å². The van der Waals surface area contributed by atoms with E-state index in [1.54, 1.807) is 19.2 Å². The minimum Gasteiger partial charge on any atom is -0.383 e. The Morgan fingerprint density at radius 2 is 2.32 bits per heavy atom. The summed E-state index contributed by atoms with van der Waals surface area (Å²) in [6, 6.07) is 4.54. The van der Waals surface area contributed by atoms with E-state index in [1.807, 2.05) is 0 Å². The Kier molecular flexibility index (Phi) is 3.96. The smallest absolute Gasteiger partial charge is 0.305 e. The highest BCUT2D eigenvalue weighted by Crippen LogP contribution is 2.28. The van der Waals surface area contributed by atoms with Gasteiger partial charge < -0.3 is 15.4 Å². The lowest BCUT2D eigenvalue weighted by atomic mass is 10.1. The van der Waals surface area contributed by atoms with E-state index >= 15 is 0 Å². The number of hydrogen-bond donors (Lipinski definition) is 2. The number of anilines is 1. The molecule has 1 fully saturated rings. The quantitative estimate of drug-likeness (QED) is 0.629. The fourth-order valence-corrected chi connectivity index (χ4v) is 2.04. The second kappa shape index (κ2) is 5.66. The zero-order valence-corrected chi connectivity index (χ0v) is 10.5. The number of carbonyl (C=O) groups excluding carboxylic acids is 1. The maximum absolute atomic E-state index is 12.1. The first-order valence-corrected chi connectivity index (χ1v) is 5.97. The van der Waals surface area contributed by atoms with E-state index in [9.17, 15) is 14.9 Å². The SMILES string of the molecule is CNc1cccc(C(=O)NC2CCOC2)c1[N+](=O)[O-]. The average Bonchev–Trinajstić information content (AvgIpc) is 2.90. The van der Waals surface area contributed by atoms with Gasteiger partial charge in [0.15, 0.2) is 0 Å². The number of nitro groups is 1. The molecule has 7 heteroatoms. The van der Waals surface area contributed by atoms with Gasteiger partial charge in [0.25, 0.3) is 5.91 Å². The van der Waals surface area contributed by atoms with Crippen molar-refractivity contribution in [3.63, 3.8) is 0 Å². The first-order valence-electron chi connectivity index (χ1n) is 5.97. The molecule has 102 valence electrons. The summed E-state index contributed by atoms with van der Waals surface area (Å²) in [5, 5.41) is 16.6. The number of ether oxygens (including phenoxy) is 1. The van der Waals surface area contributed by atoms with Crippen LogP contribution in [0.5, 0.6) is 0 Å². The van der Waals surface area contributed by atoms with Crippen LogP contribution in [-0.4, -0.2) is 37.1 Å². The first kappa shape index (κ1) is 13.3. The summed E-state index contributed by atoms with van der Waals surface area (Å²) >= 11 is 0. The zero-order valence-electron chi connectivity index (χ0n) is 10.5. The number of nitro benzene ring substituents is 1. The molecule has 1 aliphatic rings. The van der Waals surface area contributed by atoms with Crippen LogP contribution in [0.15, 0.2) is 18.2 Å². The molecule has 0 bridgehead atoms. The Labute approximate surface area is 110 Å². The van der Waals surface area contributed by atoms with Gasteiger partial charge in [-0.1, -0.05) is 6.07 Å². The van der Waals surface area contributed by atoms with Gasteiger partial charge in [0.2, 0.25) is 0 Å². The minimum absolute atomic E-state index is 0.0590. The molecule has 2 N–H and O–H groups in total. The summed E-state index contributed by atoms with van der Waals surface area (Å²) < 4.78 is 5.16. The molecular weight excluding hydrogens is 250 g/mol. The monoisotopic (exact) mass is 265 g/mol. The van der Waals surface area contributed by atoms with Crippen LogP contribution in [0.3, 0.4) is 0 Å². The fraction of sp³-hybridized carbons (Fsp3) is 0.417. The second-order valence-electron chi connectivity index (χ2n) is 4.24. The van der Waals surface area contributed by atoms with E-state index in [-0.39, 0.29) is 17.3 Å². The van der Waals surface area contributed by atoms with Gasteiger partial charge in [0.1, 0.15) is 11.3 Å². The lowest BCUT2D eigenvalue weighted by Gasteiger charge is -2.12. The van der Waals surface area contributed by atoms with Gasteiger partial charge in [-0.15, -0.1) is 0 Å². The molecule has 1 aromatic rings. The van der Waals surface area contributed by atoms with Crippen LogP contribution in [-0.2, 0) is 4.74 Å². The van der Waals surface area contributed by atoms with Gasteiger partial charge in [-0.3, -0.25) is 14.9 Å². The number of amides is 1. The maximum Gasteiger partial charge on any atom is 0.305 e. The number of carbonyl (C=O) groups is 1. The van der Waals surface area contributed by atoms with E-state index in [0.29, 0.717) is 18.9 Å². The molecule has 1 heterocycles. The van der Waals surface area contributed by atoms with Crippen molar-refractivity contribution in [3.05, 3.63) is 33.9 Å². The third-order valence-corrected chi connectivity index (χ3v) is 3.00. The average molecular weight is 265 g/mol. The van der Waals surface area contributed by atoms with Crippen LogP contribution >= 0.6 is 0 Å². The van der Waals surface area contributed by atoms with Gasteiger partial charge in [0, 0.05) is 13.7 Å². The molecule has 1 saturated heterocycles. The van der Waals surface area contributed by atoms with E-state index in [2.05, 4.69) is 10.6 Å². The van der Waals surface area contributed by atoms with Crippen molar-refractivity contribution in [1.82, 2.24) is 5.32 Å². The molecule has 0 aliphatic carbocycles. The Morgan fingerprint density at radius 3 is 2.89 bits per heavy atom. The van der Waals surface area contributed by atoms with Crippen LogP contribution in [0, 0.1) is 10.1 Å². The molecule has 0 spiro atoms. The molecule has 0 radical (unpaired) electrons. The van der Waals surface area contributed by atoms with Crippen molar-refractivity contribution in [2.45, 2.75) is 12.5 Å². The highest BCUT2D eigenvalue weighted by Gasteiger charge is 2.26. The minimum atomic E-state index is -0.550. The summed E-state index contributed by atoms with van der Waals surface area (Å²) in [4.78, 5) is 22.6. The molecule has 1 unspecified atom stereocenters. The molecule has 0 aromatic heterocycles. The van der Waals surface area contributed by atoms with Crippen LogP contribution in [0.1, 0.15) is 16.8 Å². The predicted molar refractivity (Wildman–Crippen MR) is 69.3 cm³/mol. The van der Waals surface area contributed by atoms with E-state index < -0.39 is 10.8 Å². The van der Waals surface area contributed by atoms with Crippen LogP contribution in [0.2, 0.25) is 0 Å². The van der Waals surface area contributed by atoms with E-state index in [0.717, 1.165) is 6.42 Å². The van der Waals surface area contributed by atoms with Gasteiger partial charge >= 0.3 is 5.69 Å². The topological polar surface area (TPSA) is 93.5 Å². The first-order chi connectivity index (χ1) is 9.13. The summed E-state index contributed by atoms with van der Waals surface area (Å²) in [7, 11) is 1.58. The highest BCUT2D eigenvalue weighted by atomic mass is 16.6. The summed E-state index contributed by atoms with van der Waals surface area (Å²) in [5.41, 5.74) is 0.172. The maximum atomic E-state index is 12.1. The van der Waals surface area contributed by atoms with E-state index in [4.69, 9.17) is 4.74 Å². The second-order valence-corrected chi connectivity index (χ2v) is 4.24.